The highest BCUT2D eigenvalue weighted by Gasteiger charge is 2.46. The molecule has 3 aromatic rings. The number of aryl methyl sites for hydroxylation is 1. The second-order valence-corrected chi connectivity index (χ2v) is 9.95. The fraction of sp³-hybridized carbons (Fsp3) is 0.344. The van der Waals surface area contributed by atoms with Crippen molar-refractivity contribution in [3.05, 3.63) is 94.0 Å². The summed E-state index contributed by atoms with van der Waals surface area (Å²) in [5.41, 5.74) is 8.74. The first-order valence-electron chi connectivity index (χ1n) is 12.9. The van der Waals surface area contributed by atoms with Crippen molar-refractivity contribution in [3.63, 3.8) is 0 Å². The molecular formula is C32H35NO3. The Balaban J connectivity index is 1.92. The summed E-state index contributed by atoms with van der Waals surface area (Å²) in [5, 5.41) is 4.00. The molecule has 186 valence electrons. The van der Waals surface area contributed by atoms with Crippen LogP contribution in [0.1, 0.15) is 92.1 Å². The SMILES string of the molecule is CCCC1(C(C)CC)c2ccc(/C(C)=N\OC(C)=O)cc2-c2ccc(C(=O)c3ccccc3C)cc21. The van der Waals surface area contributed by atoms with Gasteiger partial charge in [-0.1, -0.05) is 87.3 Å². The smallest absolute Gasteiger partial charge is 0.318 e. The van der Waals surface area contributed by atoms with Crippen LogP contribution in [-0.2, 0) is 15.0 Å². The summed E-state index contributed by atoms with van der Waals surface area (Å²) in [5.74, 6) is 0.0137. The van der Waals surface area contributed by atoms with Crippen molar-refractivity contribution < 1.29 is 14.4 Å². The van der Waals surface area contributed by atoms with Crippen LogP contribution in [0.3, 0.4) is 0 Å². The molecular weight excluding hydrogens is 446 g/mol. The van der Waals surface area contributed by atoms with Crippen LogP contribution in [-0.4, -0.2) is 17.5 Å². The monoisotopic (exact) mass is 481 g/mol. The quantitative estimate of drug-likeness (QED) is 0.144. The van der Waals surface area contributed by atoms with Gasteiger partial charge in [0.15, 0.2) is 5.78 Å². The summed E-state index contributed by atoms with van der Waals surface area (Å²) >= 11 is 0. The normalized spacial score (nSPS) is 17.3. The standard InChI is InChI=1S/C32H35NO3/c1-7-17-32(21(4)8-2)29-16-14-24(22(5)33-36-23(6)34)18-28(29)27-15-13-25(19-30(27)32)31(35)26-12-10-9-11-20(26)3/h9-16,18-19,21H,7-8,17H2,1-6H3/b33-22-. The van der Waals surface area contributed by atoms with Crippen molar-refractivity contribution in [2.45, 2.75) is 66.2 Å². The highest BCUT2D eigenvalue weighted by atomic mass is 16.7. The maximum absolute atomic E-state index is 13.6. The molecule has 4 nitrogen and oxygen atoms in total. The van der Waals surface area contributed by atoms with Crippen LogP contribution in [0.25, 0.3) is 11.1 Å². The Morgan fingerprint density at radius 3 is 2.31 bits per heavy atom. The molecule has 0 amide bonds. The van der Waals surface area contributed by atoms with E-state index < -0.39 is 5.97 Å². The molecule has 0 aliphatic heterocycles. The van der Waals surface area contributed by atoms with E-state index in [0.29, 0.717) is 11.6 Å². The van der Waals surface area contributed by atoms with Gasteiger partial charge in [-0.2, -0.15) is 0 Å². The van der Waals surface area contributed by atoms with Crippen molar-refractivity contribution >= 4 is 17.5 Å². The van der Waals surface area contributed by atoms with Crippen LogP contribution in [0.15, 0.2) is 65.8 Å². The minimum absolute atomic E-state index is 0.0615. The van der Waals surface area contributed by atoms with Gasteiger partial charge < -0.3 is 4.84 Å². The maximum atomic E-state index is 13.6. The molecule has 0 saturated heterocycles. The van der Waals surface area contributed by atoms with E-state index in [4.69, 9.17) is 4.84 Å². The lowest BCUT2D eigenvalue weighted by atomic mass is 9.65. The summed E-state index contributed by atoms with van der Waals surface area (Å²) in [6, 6.07) is 20.4. The second kappa shape index (κ2) is 10.2. The van der Waals surface area contributed by atoms with E-state index in [1.54, 1.807) is 0 Å². The third-order valence-electron chi connectivity index (χ3n) is 7.77. The molecule has 1 aliphatic carbocycles. The van der Waals surface area contributed by atoms with Gasteiger partial charge in [0, 0.05) is 23.5 Å². The molecule has 2 unspecified atom stereocenters. The molecule has 4 rings (SSSR count). The van der Waals surface area contributed by atoms with Crippen molar-refractivity contribution in [1.29, 1.82) is 0 Å². The highest BCUT2D eigenvalue weighted by molar-refractivity contribution is 6.10. The minimum Gasteiger partial charge on any atom is -0.318 e. The van der Waals surface area contributed by atoms with Gasteiger partial charge in [0.25, 0.3) is 0 Å². The van der Waals surface area contributed by atoms with E-state index in [0.717, 1.165) is 41.5 Å². The number of hydrogen-bond acceptors (Lipinski definition) is 4. The zero-order valence-corrected chi connectivity index (χ0v) is 22.1. The number of hydrogen-bond donors (Lipinski definition) is 0. The van der Waals surface area contributed by atoms with E-state index in [1.165, 1.54) is 29.2 Å². The Hall–Kier alpha value is -3.53. The van der Waals surface area contributed by atoms with Crippen LogP contribution >= 0.6 is 0 Å². The van der Waals surface area contributed by atoms with Crippen LogP contribution in [0.2, 0.25) is 0 Å². The predicted molar refractivity (Wildman–Crippen MR) is 146 cm³/mol. The number of fused-ring (bicyclic) bond motifs is 3. The van der Waals surface area contributed by atoms with E-state index in [-0.39, 0.29) is 11.2 Å². The van der Waals surface area contributed by atoms with Crippen molar-refractivity contribution in [3.8, 4) is 11.1 Å². The average molecular weight is 482 g/mol. The van der Waals surface area contributed by atoms with Crippen LogP contribution in [0.4, 0.5) is 0 Å². The summed E-state index contributed by atoms with van der Waals surface area (Å²) in [6.07, 6.45) is 3.07. The Bertz CT molecular complexity index is 1350. The lowest BCUT2D eigenvalue weighted by Crippen LogP contribution is -2.33. The molecule has 4 heteroatoms. The molecule has 0 saturated carbocycles. The molecule has 1 aliphatic rings. The van der Waals surface area contributed by atoms with Crippen molar-refractivity contribution in [2.75, 3.05) is 0 Å². The Kier molecular flexibility index (Phi) is 7.26. The van der Waals surface area contributed by atoms with Gasteiger partial charge in [-0.15, -0.1) is 0 Å². The molecule has 0 spiro atoms. The number of oxime groups is 1. The summed E-state index contributed by atoms with van der Waals surface area (Å²) < 4.78 is 0. The molecule has 36 heavy (non-hydrogen) atoms. The van der Waals surface area contributed by atoms with Gasteiger partial charge in [0.05, 0.1) is 5.71 Å². The Labute approximate surface area is 214 Å². The summed E-state index contributed by atoms with van der Waals surface area (Å²) in [7, 11) is 0. The molecule has 0 bridgehead atoms. The molecule has 0 radical (unpaired) electrons. The third-order valence-corrected chi connectivity index (χ3v) is 7.77. The van der Waals surface area contributed by atoms with Gasteiger partial charge in [0.2, 0.25) is 0 Å². The Morgan fingerprint density at radius 2 is 1.64 bits per heavy atom. The van der Waals surface area contributed by atoms with Gasteiger partial charge in [-0.3, -0.25) is 4.79 Å². The first-order valence-corrected chi connectivity index (χ1v) is 12.9. The molecule has 3 aromatic carbocycles. The van der Waals surface area contributed by atoms with Gasteiger partial charge in [0.1, 0.15) is 0 Å². The molecule has 2 atom stereocenters. The lowest BCUT2D eigenvalue weighted by Gasteiger charge is -2.38. The molecule has 0 fully saturated rings. The fourth-order valence-corrected chi connectivity index (χ4v) is 5.77. The molecule has 0 heterocycles. The highest BCUT2D eigenvalue weighted by Crippen LogP contribution is 2.56. The zero-order chi connectivity index (χ0) is 26.0. The fourth-order valence-electron chi connectivity index (χ4n) is 5.77. The topological polar surface area (TPSA) is 55.7 Å². The van der Waals surface area contributed by atoms with Crippen LogP contribution in [0.5, 0.6) is 0 Å². The molecule has 0 N–H and O–H groups in total. The number of benzene rings is 3. The van der Waals surface area contributed by atoms with E-state index in [1.807, 2.05) is 44.2 Å². The van der Waals surface area contributed by atoms with Crippen molar-refractivity contribution in [1.82, 2.24) is 0 Å². The van der Waals surface area contributed by atoms with Gasteiger partial charge in [-0.25, -0.2) is 4.79 Å². The first-order chi connectivity index (χ1) is 17.2. The van der Waals surface area contributed by atoms with E-state index >= 15 is 0 Å². The number of ketones is 1. The summed E-state index contributed by atoms with van der Waals surface area (Å²) in [4.78, 5) is 29.7. The van der Waals surface area contributed by atoms with Gasteiger partial charge in [-0.05, 0) is 71.7 Å². The number of rotatable bonds is 8. The van der Waals surface area contributed by atoms with Gasteiger partial charge >= 0.3 is 5.97 Å². The largest absolute Gasteiger partial charge is 0.331 e. The van der Waals surface area contributed by atoms with Crippen LogP contribution < -0.4 is 0 Å². The van der Waals surface area contributed by atoms with E-state index in [9.17, 15) is 9.59 Å². The number of nitrogens with zero attached hydrogens (tertiary/aromatic N) is 1. The van der Waals surface area contributed by atoms with E-state index in [2.05, 4.69) is 56.3 Å². The lowest BCUT2D eigenvalue weighted by molar-refractivity contribution is -0.140. The Morgan fingerprint density at radius 1 is 0.917 bits per heavy atom. The molecule has 0 aromatic heterocycles. The summed E-state index contributed by atoms with van der Waals surface area (Å²) in [6.45, 7) is 12.0. The zero-order valence-electron chi connectivity index (χ0n) is 22.1. The first kappa shape index (κ1) is 25.6. The maximum Gasteiger partial charge on any atom is 0.331 e. The van der Waals surface area contributed by atoms with Crippen LogP contribution in [0, 0.1) is 12.8 Å². The predicted octanol–water partition coefficient (Wildman–Crippen LogP) is 7.63. The minimum atomic E-state index is -0.439. The third kappa shape index (κ3) is 4.30. The van der Waals surface area contributed by atoms with Crippen molar-refractivity contribution in [2.24, 2.45) is 11.1 Å². The number of carbonyl (C=O) groups is 2. The number of carbonyl (C=O) groups excluding carboxylic acids is 2. The average Bonchev–Trinajstić information content (AvgIpc) is 3.16. The second-order valence-electron chi connectivity index (χ2n) is 9.95.